The number of pyridine rings is 1. The van der Waals surface area contributed by atoms with Gasteiger partial charge in [0.1, 0.15) is 0 Å². The third-order valence-electron chi connectivity index (χ3n) is 4.07. The van der Waals surface area contributed by atoms with E-state index in [0.717, 1.165) is 13.1 Å². The van der Waals surface area contributed by atoms with Crippen molar-refractivity contribution in [3.05, 3.63) is 18.3 Å². The number of hydrogen-bond acceptors (Lipinski definition) is 4. The number of hydrogen-bond donors (Lipinski definition) is 1. The van der Waals surface area contributed by atoms with E-state index in [-0.39, 0.29) is 0 Å². The second kappa shape index (κ2) is 4.18. The molecule has 0 radical (unpaired) electrons. The monoisotopic (exact) mass is 233 g/mol. The highest BCUT2D eigenvalue weighted by Gasteiger charge is 2.40. The first-order valence-electron chi connectivity index (χ1n) is 6.27. The molecule has 17 heavy (non-hydrogen) atoms. The summed E-state index contributed by atoms with van der Waals surface area (Å²) in [5.41, 5.74) is 1.73. The normalized spacial score (nSPS) is 27.9. The Morgan fingerprint density at radius 3 is 3.00 bits per heavy atom. The molecule has 3 rings (SSSR count). The van der Waals surface area contributed by atoms with Crippen LogP contribution in [0, 0.1) is 5.41 Å². The largest absolute Gasteiger partial charge is 0.481 e. The highest BCUT2D eigenvalue weighted by molar-refractivity contribution is 5.47. The lowest BCUT2D eigenvalue weighted by Crippen LogP contribution is -2.29. The lowest BCUT2D eigenvalue weighted by Gasteiger charge is -2.23. The molecule has 0 aromatic carbocycles. The first-order valence-corrected chi connectivity index (χ1v) is 6.27. The van der Waals surface area contributed by atoms with E-state index in [1.54, 1.807) is 7.11 Å². The molecule has 2 aliphatic heterocycles. The molecule has 1 unspecified atom stereocenters. The maximum atomic E-state index is 5.09. The van der Waals surface area contributed by atoms with Gasteiger partial charge >= 0.3 is 0 Å². The summed E-state index contributed by atoms with van der Waals surface area (Å²) in [6, 6.07) is 4.04. The molecule has 4 nitrogen and oxygen atoms in total. The molecule has 0 aliphatic carbocycles. The van der Waals surface area contributed by atoms with Crippen LogP contribution in [0.15, 0.2) is 18.3 Å². The Balaban J connectivity index is 1.72. The first-order chi connectivity index (χ1) is 8.31. The Kier molecular flexibility index (Phi) is 2.67. The van der Waals surface area contributed by atoms with Gasteiger partial charge in [-0.2, -0.15) is 0 Å². The van der Waals surface area contributed by atoms with E-state index in [2.05, 4.69) is 21.3 Å². The van der Waals surface area contributed by atoms with Crippen molar-refractivity contribution in [3.8, 4) is 5.88 Å². The Bertz CT molecular complexity index is 384. The fraction of sp³-hybridized carbons (Fsp3) is 0.615. The molecule has 3 heterocycles. The molecular formula is C13H19N3O. The van der Waals surface area contributed by atoms with Crippen LogP contribution in [0.3, 0.4) is 0 Å². The molecule has 0 saturated carbocycles. The molecule has 92 valence electrons. The molecule has 1 spiro atoms. The summed E-state index contributed by atoms with van der Waals surface area (Å²) in [5, 5.41) is 3.48. The van der Waals surface area contributed by atoms with E-state index in [0.29, 0.717) is 11.3 Å². The van der Waals surface area contributed by atoms with Crippen LogP contribution in [0.1, 0.15) is 12.8 Å². The number of nitrogens with zero attached hydrogens (tertiary/aromatic N) is 2. The van der Waals surface area contributed by atoms with Gasteiger partial charge in [0.15, 0.2) is 0 Å². The van der Waals surface area contributed by atoms with Crippen LogP contribution in [-0.2, 0) is 0 Å². The molecule has 2 saturated heterocycles. The fourth-order valence-electron chi connectivity index (χ4n) is 2.98. The number of rotatable bonds is 2. The summed E-state index contributed by atoms with van der Waals surface area (Å²) in [6.45, 7) is 4.66. The van der Waals surface area contributed by atoms with Gasteiger partial charge in [-0.05, 0) is 25.5 Å². The second-order valence-corrected chi connectivity index (χ2v) is 5.16. The van der Waals surface area contributed by atoms with E-state index in [4.69, 9.17) is 4.74 Å². The average molecular weight is 233 g/mol. The first kappa shape index (κ1) is 10.8. The van der Waals surface area contributed by atoms with E-state index in [1.807, 2.05) is 12.3 Å². The van der Waals surface area contributed by atoms with Gasteiger partial charge in [-0.1, -0.05) is 0 Å². The molecule has 1 aromatic heterocycles. The van der Waals surface area contributed by atoms with E-state index in [9.17, 15) is 0 Å². The lowest BCUT2D eigenvalue weighted by atomic mass is 9.86. The third kappa shape index (κ3) is 1.97. The number of methoxy groups -OCH3 is 1. The standard InChI is InChI=1S/C13H19N3O/c1-17-12-3-2-11(8-15-12)16-7-5-13(10-16)4-6-14-9-13/h2-3,8,14H,4-7,9-10H2,1H3. The Hall–Kier alpha value is -1.29. The molecule has 4 heteroatoms. The van der Waals surface area contributed by atoms with Crippen molar-refractivity contribution in [2.75, 3.05) is 38.2 Å². The van der Waals surface area contributed by atoms with Crippen LogP contribution in [0.25, 0.3) is 0 Å². The van der Waals surface area contributed by atoms with Gasteiger partial charge in [0.05, 0.1) is 19.0 Å². The van der Waals surface area contributed by atoms with Gasteiger partial charge in [-0.15, -0.1) is 0 Å². The van der Waals surface area contributed by atoms with Crippen LogP contribution in [0.4, 0.5) is 5.69 Å². The van der Waals surface area contributed by atoms with Gasteiger partial charge < -0.3 is 15.0 Å². The van der Waals surface area contributed by atoms with Crippen LogP contribution < -0.4 is 15.0 Å². The van der Waals surface area contributed by atoms with Gasteiger partial charge in [0, 0.05) is 31.1 Å². The van der Waals surface area contributed by atoms with Crippen molar-refractivity contribution in [3.63, 3.8) is 0 Å². The number of anilines is 1. The average Bonchev–Trinajstić information content (AvgIpc) is 3.01. The van der Waals surface area contributed by atoms with Gasteiger partial charge in [-0.25, -0.2) is 4.98 Å². The van der Waals surface area contributed by atoms with Crippen molar-refractivity contribution in [1.82, 2.24) is 10.3 Å². The smallest absolute Gasteiger partial charge is 0.213 e. The Morgan fingerprint density at radius 2 is 2.35 bits per heavy atom. The summed E-state index contributed by atoms with van der Waals surface area (Å²) in [5.74, 6) is 0.685. The number of aromatic nitrogens is 1. The number of ether oxygens (including phenoxy) is 1. The molecule has 1 aromatic rings. The highest BCUT2D eigenvalue weighted by atomic mass is 16.5. The summed E-state index contributed by atoms with van der Waals surface area (Å²) in [4.78, 5) is 6.72. The van der Waals surface area contributed by atoms with Crippen LogP contribution in [0.5, 0.6) is 5.88 Å². The minimum absolute atomic E-state index is 0.514. The molecule has 2 aliphatic rings. The molecule has 1 atom stereocenters. The van der Waals surface area contributed by atoms with Crippen molar-refractivity contribution in [1.29, 1.82) is 0 Å². The zero-order valence-electron chi connectivity index (χ0n) is 10.3. The summed E-state index contributed by atoms with van der Waals surface area (Å²) in [7, 11) is 1.65. The second-order valence-electron chi connectivity index (χ2n) is 5.16. The summed E-state index contributed by atoms with van der Waals surface area (Å²) in [6.07, 6.45) is 4.53. The SMILES string of the molecule is COc1ccc(N2CCC3(CCNC3)C2)cn1. The molecule has 1 N–H and O–H groups in total. The predicted molar refractivity (Wildman–Crippen MR) is 67.5 cm³/mol. The van der Waals surface area contributed by atoms with Crippen LogP contribution in [-0.4, -0.2) is 38.3 Å². The molecule has 0 amide bonds. The zero-order valence-corrected chi connectivity index (χ0v) is 10.3. The van der Waals surface area contributed by atoms with Gasteiger partial charge in [0.2, 0.25) is 5.88 Å². The predicted octanol–water partition coefficient (Wildman–Crippen LogP) is 1.28. The highest BCUT2D eigenvalue weighted by Crippen LogP contribution is 2.38. The maximum Gasteiger partial charge on any atom is 0.213 e. The minimum atomic E-state index is 0.514. The topological polar surface area (TPSA) is 37.4 Å². The van der Waals surface area contributed by atoms with Crippen LogP contribution in [0.2, 0.25) is 0 Å². The molecular weight excluding hydrogens is 214 g/mol. The summed E-state index contributed by atoms with van der Waals surface area (Å²) >= 11 is 0. The quantitative estimate of drug-likeness (QED) is 0.835. The minimum Gasteiger partial charge on any atom is -0.481 e. The third-order valence-corrected chi connectivity index (χ3v) is 4.07. The van der Waals surface area contributed by atoms with Crippen molar-refractivity contribution < 1.29 is 4.74 Å². The van der Waals surface area contributed by atoms with Gasteiger partial charge in [0.25, 0.3) is 0 Å². The molecule has 2 fully saturated rings. The van der Waals surface area contributed by atoms with E-state index < -0.39 is 0 Å². The zero-order chi connectivity index (χ0) is 11.7. The van der Waals surface area contributed by atoms with Crippen molar-refractivity contribution >= 4 is 5.69 Å². The van der Waals surface area contributed by atoms with Crippen LogP contribution >= 0.6 is 0 Å². The molecule has 0 bridgehead atoms. The Morgan fingerprint density at radius 1 is 1.41 bits per heavy atom. The summed E-state index contributed by atoms with van der Waals surface area (Å²) < 4.78 is 5.09. The van der Waals surface area contributed by atoms with Crippen molar-refractivity contribution in [2.24, 2.45) is 5.41 Å². The van der Waals surface area contributed by atoms with E-state index in [1.165, 1.54) is 31.6 Å². The number of nitrogens with one attached hydrogen (secondary N) is 1. The lowest BCUT2D eigenvalue weighted by molar-refractivity contribution is 0.369. The fourth-order valence-corrected chi connectivity index (χ4v) is 2.98. The Labute approximate surface area is 102 Å². The van der Waals surface area contributed by atoms with Crippen molar-refractivity contribution in [2.45, 2.75) is 12.8 Å². The maximum absolute atomic E-state index is 5.09. The van der Waals surface area contributed by atoms with E-state index >= 15 is 0 Å². The van der Waals surface area contributed by atoms with Gasteiger partial charge in [-0.3, -0.25) is 0 Å².